The Morgan fingerprint density at radius 1 is 1.38 bits per heavy atom. The molecule has 0 radical (unpaired) electrons. The topological polar surface area (TPSA) is 26.3 Å². The summed E-state index contributed by atoms with van der Waals surface area (Å²) >= 11 is 0. The Morgan fingerprint density at radius 2 is 1.92 bits per heavy atom. The van der Waals surface area contributed by atoms with Crippen molar-refractivity contribution in [2.75, 3.05) is 18.9 Å². The summed E-state index contributed by atoms with van der Waals surface area (Å²) in [4.78, 5) is 0. The van der Waals surface area contributed by atoms with Crippen molar-refractivity contribution in [1.82, 2.24) is 0 Å². The largest absolute Gasteiger partial charge is 0.327 e. The van der Waals surface area contributed by atoms with E-state index in [4.69, 9.17) is 17.4 Å². The Kier molecular flexibility index (Phi) is 6.07. The van der Waals surface area contributed by atoms with Gasteiger partial charge < -0.3 is 4.52 Å². The molecule has 0 aliphatic heterocycles. The molecule has 0 aromatic heterocycles. The van der Waals surface area contributed by atoms with E-state index in [0.717, 1.165) is 0 Å². The van der Waals surface area contributed by atoms with E-state index in [9.17, 15) is 4.57 Å². The van der Waals surface area contributed by atoms with Gasteiger partial charge in [0, 0.05) is 0 Å². The van der Waals surface area contributed by atoms with E-state index in [1.807, 2.05) is 0 Å². The molecule has 70 valence electrons. The van der Waals surface area contributed by atoms with Gasteiger partial charge in [0.25, 0.3) is 0 Å². The zero-order chi connectivity index (χ0) is 10.2. The van der Waals surface area contributed by atoms with E-state index < -0.39 is 7.37 Å². The van der Waals surface area contributed by atoms with Crippen LogP contribution in [-0.2, 0) is 9.09 Å². The van der Waals surface area contributed by atoms with Gasteiger partial charge in [0.15, 0.2) is 0 Å². The summed E-state index contributed by atoms with van der Waals surface area (Å²) in [6, 6.07) is 0. The molecule has 0 atom stereocenters. The highest BCUT2D eigenvalue weighted by molar-refractivity contribution is 7.59. The predicted octanol–water partition coefficient (Wildman–Crippen LogP) is 2.12. The Bertz CT molecular complexity index is 260. The molecule has 0 aromatic rings. The first-order valence-corrected chi connectivity index (χ1v) is 5.88. The zero-order valence-corrected chi connectivity index (χ0v) is 8.43. The minimum absolute atomic E-state index is 0.105. The lowest BCUT2D eigenvalue weighted by molar-refractivity contribution is 0.324. The number of rotatable bonds is 6. The molecule has 0 amide bonds. The predicted molar refractivity (Wildman–Crippen MR) is 55.8 cm³/mol. The van der Waals surface area contributed by atoms with Crippen LogP contribution in [0.4, 0.5) is 0 Å². The Hall–Kier alpha value is -0.950. The molecular formula is C10H13O2P. The fourth-order valence-corrected chi connectivity index (χ4v) is 2.02. The number of hydrogen-bond donors (Lipinski definition) is 0. The lowest BCUT2D eigenvalue weighted by Crippen LogP contribution is -1.98. The van der Waals surface area contributed by atoms with Crippen molar-refractivity contribution in [3.8, 4) is 24.7 Å². The maximum atomic E-state index is 11.7. The van der Waals surface area contributed by atoms with Crippen molar-refractivity contribution < 1.29 is 9.09 Å². The molecule has 3 heteroatoms. The first-order chi connectivity index (χ1) is 6.18. The SMILES string of the molecule is C#CCP(=O)(CC#C)OCCC=C. The first kappa shape index (κ1) is 12.0. The van der Waals surface area contributed by atoms with Crippen LogP contribution in [0.1, 0.15) is 6.42 Å². The summed E-state index contributed by atoms with van der Waals surface area (Å²) in [7, 11) is -2.77. The first-order valence-electron chi connectivity index (χ1n) is 3.89. The van der Waals surface area contributed by atoms with Gasteiger partial charge >= 0.3 is 0 Å². The fourth-order valence-electron chi connectivity index (χ4n) is 0.728. The number of hydrogen-bond acceptors (Lipinski definition) is 2. The van der Waals surface area contributed by atoms with E-state index in [2.05, 4.69) is 18.4 Å². The second-order valence-corrected chi connectivity index (χ2v) is 4.97. The lowest BCUT2D eigenvalue weighted by Gasteiger charge is -2.12. The maximum absolute atomic E-state index is 11.7. The van der Waals surface area contributed by atoms with Gasteiger partial charge in [-0.25, -0.2) is 0 Å². The van der Waals surface area contributed by atoms with Crippen molar-refractivity contribution in [3.05, 3.63) is 12.7 Å². The smallest absolute Gasteiger partial charge is 0.226 e. The summed E-state index contributed by atoms with van der Waals surface area (Å²) < 4.78 is 16.9. The van der Waals surface area contributed by atoms with E-state index in [-0.39, 0.29) is 12.3 Å². The number of terminal acetylenes is 2. The summed E-state index contributed by atoms with van der Waals surface area (Å²) in [6.45, 7) is 3.89. The molecule has 0 bridgehead atoms. The highest BCUT2D eigenvalue weighted by Crippen LogP contribution is 2.45. The molecule has 0 saturated carbocycles. The van der Waals surface area contributed by atoms with Crippen LogP contribution >= 0.6 is 7.37 Å². The maximum Gasteiger partial charge on any atom is 0.226 e. The summed E-state index contributed by atoms with van der Waals surface area (Å²) in [5.74, 6) is 4.62. The molecule has 0 spiro atoms. The monoisotopic (exact) mass is 196 g/mol. The van der Waals surface area contributed by atoms with Gasteiger partial charge in [0.1, 0.15) is 0 Å². The fraction of sp³-hybridized carbons (Fsp3) is 0.400. The average Bonchev–Trinajstić information content (AvgIpc) is 2.05. The van der Waals surface area contributed by atoms with Crippen molar-refractivity contribution in [2.45, 2.75) is 6.42 Å². The zero-order valence-electron chi connectivity index (χ0n) is 7.53. The minimum Gasteiger partial charge on any atom is -0.327 e. The normalized spacial score (nSPS) is 10.0. The molecule has 0 unspecified atom stereocenters. The Labute approximate surface area is 79.8 Å². The second-order valence-electron chi connectivity index (χ2n) is 2.45. The van der Waals surface area contributed by atoms with Gasteiger partial charge in [-0.2, -0.15) is 0 Å². The van der Waals surface area contributed by atoms with Crippen LogP contribution in [0.3, 0.4) is 0 Å². The average molecular weight is 196 g/mol. The van der Waals surface area contributed by atoms with Gasteiger partial charge in [-0.1, -0.05) is 17.9 Å². The van der Waals surface area contributed by atoms with Gasteiger partial charge in [-0.3, -0.25) is 4.57 Å². The second kappa shape index (κ2) is 6.55. The van der Waals surface area contributed by atoms with Crippen LogP contribution in [-0.4, -0.2) is 18.9 Å². The van der Waals surface area contributed by atoms with Crippen LogP contribution in [0, 0.1) is 24.7 Å². The summed E-state index contributed by atoms with van der Waals surface area (Å²) in [6.07, 6.45) is 12.7. The molecule has 0 aliphatic carbocycles. The Balaban J connectivity index is 4.11. The molecule has 0 fully saturated rings. The third-order valence-corrected chi connectivity index (χ3v) is 3.29. The molecular weight excluding hydrogens is 183 g/mol. The van der Waals surface area contributed by atoms with E-state index in [0.29, 0.717) is 13.0 Å². The standard InChI is InChI=1S/C10H13O2P/c1-4-7-8-12-13(11,9-5-2)10-6-3/h2-4H,1,7-10H2. The van der Waals surface area contributed by atoms with E-state index >= 15 is 0 Å². The van der Waals surface area contributed by atoms with Crippen molar-refractivity contribution in [3.63, 3.8) is 0 Å². The van der Waals surface area contributed by atoms with Crippen LogP contribution in [0.2, 0.25) is 0 Å². The molecule has 0 N–H and O–H groups in total. The minimum atomic E-state index is -2.77. The van der Waals surface area contributed by atoms with Crippen molar-refractivity contribution in [2.24, 2.45) is 0 Å². The molecule has 0 saturated heterocycles. The van der Waals surface area contributed by atoms with Gasteiger partial charge in [-0.15, -0.1) is 19.4 Å². The van der Waals surface area contributed by atoms with Crippen molar-refractivity contribution in [1.29, 1.82) is 0 Å². The van der Waals surface area contributed by atoms with E-state index in [1.54, 1.807) is 6.08 Å². The van der Waals surface area contributed by atoms with E-state index in [1.165, 1.54) is 0 Å². The Morgan fingerprint density at radius 3 is 2.31 bits per heavy atom. The molecule has 0 heterocycles. The molecule has 0 rings (SSSR count). The van der Waals surface area contributed by atoms with Crippen LogP contribution in [0.25, 0.3) is 0 Å². The van der Waals surface area contributed by atoms with Crippen LogP contribution in [0.15, 0.2) is 12.7 Å². The van der Waals surface area contributed by atoms with Crippen LogP contribution < -0.4 is 0 Å². The highest BCUT2D eigenvalue weighted by atomic mass is 31.2. The quantitative estimate of drug-likeness (QED) is 0.281. The summed E-state index contributed by atoms with van der Waals surface area (Å²) in [5.41, 5.74) is 0. The summed E-state index contributed by atoms with van der Waals surface area (Å²) in [5, 5.41) is 0. The third-order valence-electron chi connectivity index (χ3n) is 1.31. The molecule has 0 aromatic carbocycles. The molecule has 13 heavy (non-hydrogen) atoms. The van der Waals surface area contributed by atoms with Crippen LogP contribution in [0.5, 0.6) is 0 Å². The lowest BCUT2D eigenvalue weighted by atomic mass is 10.5. The third kappa shape index (κ3) is 5.31. The van der Waals surface area contributed by atoms with Gasteiger partial charge in [0.2, 0.25) is 7.37 Å². The van der Waals surface area contributed by atoms with Gasteiger partial charge in [-0.05, 0) is 6.42 Å². The van der Waals surface area contributed by atoms with Crippen molar-refractivity contribution >= 4 is 7.37 Å². The molecule has 2 nitrogen and oxygen atoms in total. The highest BCUT2D eigenvalue weighted by Gasteiger charge is 2.19. The van der Waals surface area contributed by atoms with Gasteiger partial charge in [0.05, 0.1) is 18.9 Å². The molecule has 0 aliphatic rings.